The molecule has 0 saturated heterocycles. The first kappa shape index (κ1) is 9.74. The highest BCUT2D eigenvalue weighted by atomic mass is 79.9. The Balaban J connectivity index is 3.01. The Morgan fingerprint density at radius 3 is 2.87 bits per heavy atom. The summed E-state index contributed by atoms with van der Waals surface area (Å²) in [6, 6.07) is 6.98. The minimum absolute atomic E-state index is 0.0411. The van der Waals surface area contributed by atoms with Gasteiger partial charge in [0.05, 0.1) is 5.52 Å². The second kappa shape index (κ2) is 3.41. The van der Waals surface area contributed by atoms with E-state index in [9.17, 15) is 4.79 Å². The molecule has 0 amide bonds. The molecule has 2 aromatic rings. The molecule has 0 aliphatic rings. The quantitative estimate of drug-likeness (QED) is 0.760. The molecule has 0 atom stereocenters. The van der Waals surface area contributed by atoms with Crippen molar-refractivity contribution in [1.29, 1.82) is 5.26 Å². The van der Waals surface area contributed by atoms with E-state index < -0.39 is 0 Å². The third-order valence-corrected chi connectivity index (χ3v) is 2.60. The van der Waals surface area contributed by atoms with Crippen molar-refractivity contribution in [1.82, 2.24) is 4.98 Å². The van der Waals surface area contributed by atoms with Gasteiger partial charge in [0.25, 0.3) is 0 Å². The molecule has 74 valence electrons. The van der Waals surface area contributed by atoms with Crippen molar-refractivity contribution < 1.29 is 0 Å². The van der Waals surface area contributed by atoms with Crippen LogP contribution in [0.2, 0.25) is 0 Å². The molecule has 4 nitrogen and oxygen atoms in total. The van der Waals surface area contributed by atoms with Gasteiger partial charge in [-0.2, -0.15) is 5.26 Å². The number of halogens is 1. The van der Waals surface area contributed by atoms with Crippen molar-refractivity contribution in [2.45, 2.75) is 0 Å². The molecule has 0 aliphatic heterocycles. The molecule has 0 saturated carbocycles. The highest BCUT2D eigenvalue weighted by Crippen LogP contribution is 2.17. The summed E-state index contributed by atoms with van der Waals surface area (Å²) < 4.78 is 0.786. The number of nitrogens with one attached hydrogen (secondary N) is 1. The first-order valence-electron chi connectivity index (χ1n) is 4.14. The fourth-order valence-corrected chi connectivity index (χ4v) is 1.75. The van der Waals surface area contributed by atoms with E-state index in [1.54, 1.807) is 24.3 Å². The van der Waals surface area contributed by atoms with Crippen LogP contribution in [-0.4, -0.2) is 4.98 Å². The molecule has 2 rings (SSSR count). The Morgan fingerprint density at radius 2 is 2.20 bits per heavy atom. The second-order valence-electron chi connectivity index (χ2n) is 3.04. The molecule has 5 heteroatoms. The van der Waals surface area contributed by atoms with Gasteiger partial charge < -0.3 is 10.7 Å². The fourth-order valence-electron chi connectivity index (χ4n) is 1.39. The lowest BCUT2D eigenvalue weighted by atomic mass is 10.1. The third kappa shape index (κ3) is 1.49. The lowest BCUT2D eigenvalue weighted by Crippen LogP contribution is -2.11. The summed E-state index contributed by atoms with van der Waals surface area (Å²) in [7, 11) is 0. The standard InChI is InChI=1S/C10H6BrN3O/c11-5-1-2-8-6(3-5)9(15)7(4-12)10(13)14-8/h1-3H,(H3,13,14,15). The number of nitrogens with zero attached hydrogens (tertiary/aromatic N) is 1. The van der Waals surface area contributed by atoms with Crippen molar-refractivity contribution in [3.05, 3.63) is 38.5 Å². The molecule has 0 aliphatic carbocycles. The molecule has 3 N–H and O–H groups in total. The average molecular weight is 264 g/mol. The van der Waals surface area contributed by atoms with Gasteiger partial charge in [0, 0.05) is 9.86 Å². The van der Waals surface area contributed by atoms with Crippen molar-refractivity contribution >= 4 is 32.7 Å². The molecule has 1 heterocycles. The number of rotatable bonds is 0. The van der Waals surface area contributed by atoms with E-state index in [1.165, 1.54) is 0 Å². The number of pyridine rings is 1. The number of nitrogen functional groups attached to an aromatic ring is 1. The van der Waals surface area contributed by atoms with Crippen molar-refractivity contribution in [3.63, 3.8) is 0 Å². The van der Waals surface area contributed by atoms with Crippen LogP contribution in [0.15, 0.2) is 27.5 Å². The van der Waals surface area contributed by atoms with Gasteiger partial charge in [-0.1, -0.05) is 15.9 Å². The Morgan fingerprint density at radius 1 is 1.47 bits per heavy atom. The topological polar surface area (TPSA) is 82.7 Å². The largest absolute Gasteiger partial charge is 0.384 e. The Hall–Kier alpha value is -1.80. The zero-order chi connectivity index (χ0) is 11.0. The van der Waals surface area contributed by atoms with Gasteiger partial charge in [-0.3, -0.25) is 4.79 Å². The summed E-state index contributed by atoms with van der Waals surface area (Å²) in [4.78, 5) is 14.6. The molecule has 0 spiro atoms. The molecule has 0 radical (unpaired) electrons. The summed E-state index contributed by atoms with van der Waals surface area (Å²) in [6.07, 6.45) is 0. The van der Waals surface area contributed by atoms with Crippen molar-refractivity contribution in [3.8, 4) is 6.07 Å². The predicted octanol–water partition coefficient (Wildman–Crippen LogP) is 1.74. The zero-order valence-electron chi connectivity index (χ0n) is 7.54. The van der Waals surface area contributed by atoms with Gasteiger partial charge in [-0.15, -0.1) is 0 Å². The van der Waals surface area contributed by atoms with Gasteiger partial charge in [0.1, 0.15) is 17.5 Å². The monoisotopic (exact) mass is 263 g/mol. The number of aromatic amines is 1. The van der Waals surface area contributed by atoms with Crippen LogP contribution in [0, 0.1) is 11.3 Å². The van der Waals surface area contributed by atoms with E-state index in [1.807, 2.05) is 0 Å². The normalized spacial score (nSPS) is 10.1. The first-order valence-corrected chi connectivity index (χ1v) is 4.94. The molecule has 1 aromatic carbocycles. The minimum Gasteiger partial charge on any atom is -0.384 e. The molecule has 0 fully saturated rings. The van der Waals surface area contributed by atoms with E-state index in [4.69, 9.17) is 11.0 Å². The SMILES string of the molecule is N#Cc1c(N)[nH]c2ccc(Br)cc2c1=O. The van der Waals surface area contributed by atoms with Crippen LogP contribution in [0.4, 0.5) is 5.82 Å². The van der Waals surface area contributed by atoms with Gasteiger partial charge in [-0.05, 0) is 18.2 Å². The summed E-state index contributed by atoms with van der Waals surface area (Å²) >= 11 is 3.26. The third-order valence-electron chi connectivity index (χ3n) is 2.10. The van der Waals surface area contributed by atoms with Gasteiger partial charge >= 0.3 is 0 Å². The van der Waals surface area contributed by atoms with Gasteiger partial charge in [0.2, 0.25) is 5.43 Å². The number of fused-ring (bicyclic) bond motifs is 1. The second-order valence-corrected chi connectivity index (χ2v) is 3.96. The first-order chi connectivity index (χ1) is 7.13. The molecular formula is C10H6BrN3O. The van der Waals surface area contributed by atoms with E-state index in [0.717, 1.165) is 4.47 Å². The average Bonchev–Trinajstić information content (AvgIpc) is 2.20. The molecule has 0 bridgehead atoms. The van der Waals surface area contributed by atoms with Gasteiger partial charge in [0.15, 0.2) is 0 Å². The zero-order valence-corrected chi connectivity index (χ0v) is 9.13. The maximum Gasteiger partial charge on any atom is 0.209 e. The van der Waals surface area contributed by atoms with Crippen LogP contribution in [0.25, 0.3) is 10.9 Å². The Bertz CT molecular complexity index is 639. The van der Waals surface area contributed by atoms with Crippen LogP contribution in [0.5, 0.6) is 0 Å². The molecular weight excluding hydrogens is 258 g/mol. The van der Waals surface area contributed by atoms with E-state index in [0.29, 0.717) is 10.9 Å². The maximum atomic E-state index is 11.8. The number of benzene rings is 1. The molecule has 0 unspecified atom stereocenters. The van der Waals surface area contributed by atoms with Crippen LogP contribution in [0.1, 0.15) is 5.56 Å². The maximum absolute atomic E-state index is 11.8. The van der Waals surface area contributed by atoms with Crippen molar-refractivity contribution in [2.24, 2.45) is 0 Å². The smallest absolute Gasteiger partial charge is 0.209 e. The summed E-state index contributed by atoms with van der Waals surface area (Å²) in [5.74, 6) is 0.109. The van der Waals surface area contributed by atoms with Gasteiger partial charge in [-0.25, -0.2) is 0 Å². The predicted molar refractivity (Wildman–Crippen MR) is 61.4 cm³/mol. The number of anilines is 1. The highest BCUT2D eigenvalue weighted by molar-refractivity contribution is 9.10. The highest BCUT2D eigenvalue weighted by Gasteiger charge is 2.09. The summed E-state index contributed by atoms with van der Waals surface area (Å²) in [6.45, 7) is 0. The lowest BCUT2D eigenvalue weighted by Gasteiger charge is -2.02. The number of aromatic nitrogens is 1. The van der Waals surface area contributed by atoms with Crippen molar-refractivity contribution in [2.75, 3.05) is 5.73 Å². The summed E-state index contributed by atoms with van der Waals surface area (Å²) in [5.41, 5.74) is 5.79. The van der Waals surface area contributed by atoms with E-state index in [-0.39, 0.29) is 16.8 Å². The lowest BCUT2D eigenvalue weighted by molar-refractivity contribution is 1.35. The molecule has 1 aromatic heterocycles. The number of H-pyrrole nitrogens is 1. The fraction of sp³-hybridized carbons (Fsp3) is 0. The number of hydrogen-bond acceptors (Lipinski definition) is 3. The van der Waals surface area contributed by atoms with E-state index >= 15 is 0 Å². The number of nitrogens with two attached hydrogens (primary N) is 1. The summed E-state index contributed by atoms with van der Waals surface area (Å²) in [5, 5.41) is 9.22. The van der Waals surface area contributed by atoms with Crippen LogP contribution >= 0.6 is 15.9 Å². The van der Waals surface area contributed by atoms with Crippen LogP contribution < -0.4 is 11.2 Å². The Kier molecular flexibility index (Phi) is 2.21. The number of hydrogen-bond donors (Lipinski definition) is 2. The Labute approximate surface area is 93.5 Å². The number of nitriles is 1. The van der Waals surface area contributed by atoms with Crippen LogP contribution in [0.3, 0.4) is 0 Å². The van der Waals surface area contributed by atoms with E-state index in [2.05, 4.69) is 20.9 Å². The molecule has 15 heavy (non-hydrogen) atoms. The minimum atomic E-state index is -0.343. The van der Waals surface area contributed by atoms with Crippen LogP contribution in [-0.2, 0) is 0 Å².